The molecule has 10 heteroatoms. The lowest BCUT2D eigenvalue weighted by atomic mass is 9.71. The Balaban J connectivity index is 2.52. The Hall–Kier alpha value is -1.81. The van der Waals surface area contributed by atoms with Gasteiger partial charge in [0.2, 0.25) is 21.8 Å². The predicted molar refractivity (Wildman–Crippen MR) is 78.4 cm³/mol. The normalized spacial score (nSPS) is 30.3. The molecule has 23 heavy (non-hydrogen) atoms. The van der Waals surface area contributed by atoms with Gasteiger partial charge in [-0.05, 0) is 19.8 Å². The molecule has 2 amide bonds. The van der Waals surface area contributed by atoms with Crippen molar-refractivity contribution in [3.63, 3.8) is 0 Å². The lowest BCUT2D eigenvalue weighted by Crippen LogP contribution is -2.93. The Kier molecular flexibility index (Phi) is 4.10. The van der Waals surface area contributed by atoms with Gasteiger partial charge in [0, 0.05) is 12.8 Å². The highest BCUT2D eigenvalue weighted by Crippen LogP contribution is 2.43. The molecule has 0 radical (unpaired) electrons. The minimum Gasteiger partial charge on any atom is -0.333 e. The van der Waals surface area contributed by atoms with Gasteiger partial charge in [0.15, 0.2) is 23.3 Å². The second-order valence-corrected chi connectivity index (χ2v) is 7.85. The topological polar surface area (TPSA) is 130 Å². The summed E-state index contributed by atoms with van der Waals surface area (Å²) in [6.07, 6.45) is 2.40. The number of carbonyl (C=O) groups is 4. The number of rotatable bonds is 6. The van der Waals surface area contributed by atoms with Gasteiger partial charge in [0.05, 0.1) is 12.8 Å². The van der Waals surface area contributed by atoms with E-state index in [4.69, 9.17) is 0 Å². The van der Waals surface area contributed by atoms with E-state index < -0.39 is 32.9 Å². The van der Waals surface area contributed by atoms with Gasteiger partial charge in [-0.25, -0.2) is 8.42 Å². The first-order valence-corrected chi connectivity index (χ1v) is 8.95. The number of sulfonamides is 1. The monoisotopic (exact) mass is 345 g/mol. The summed E-state index contributed by atoms with van der Waals surface area (Å²) in [6, 6.07) is 0. The van der Waals surface area contributed by atoms with Crippen LogP contribution in [0.15, 0.2) is 0 Å². The van der Waals surface area contributed by atoms with Gasteiger partial charge in [0.25, 0.3) is 0 Å². The molecule has 0 bridgehead atoms. The SMILES string of the molecule is CC(=O)NC1(NS(C)(=O)=O)CN(C(=O)C2CC2)C1(C=O)C(C)=O. The molecule has 2 rings (SSSR count). The lowest BCUT2D eigenvalue weighted by Gasteiger charge is -2.61. The molecule has 128 valence electrons. The molecule has 2 fully saturated rings. The maximum absolute atomic E-state index is 12.3. The van der Waals surface area contributed by atoms with Crippen molar-refractivity contribution in [1.29, 1.82) is 0 Å². The predicted octanol–water partition coefficient (Wildman–Crippen LogP) is -1.85. The molecule has 0 spiro atoms. The molecule has 0 aromatic carbocycles. The van der Waals surface area contributed by atoms with E-state index in [1.807, 2.05) is 0 Å². The Labute approximate surface area is 133 Å². The quantitative estimate of drug-likeness (QED) is 0.330. The van der Waals surface area contributed by atoms with E-state index >= 15 is 0 Å². The maximum Gasteiger partial charge on any atom is 0.227 e. The first-order chi connectivity index (χ1) is 10.5. The number of likely N-dealkylation sites (tertiary alicyclic amines) is 1. The standard InChI is InChI=1S/C13H19N3O6S/c1-8(18)12(7-17)13(14-9(2)19,15-23(3,21)22)6-16(12)11(20)10-4-5-10/h7,10,15H,4-6H2,1-3H3,(H,14,19). The fourth-order valence-corrected chi connectivity index (χ4v) is 3.95. The number of Topliss-reactive ketones (excluding diaryl/α,β-unsaturated/α-hetero) is 1. The molecule has 2 N–H and O–H groups in total. The van der Waals surface area contributed by atoms with Crippen molar-refractivity contribution < 1.29 is 27.6 Å². The fourth-order valence-electron chi connectivity index (χ4n) is 3.05. The summed E-state index contributed by atoms with van der Waals surface area (Å²) >= 11 is 0. The van der Waals surface area contributed by atoms with Crippen molar-refractivity contribution in [3.8, 4) is 0 Å². The van der Waals surface area contributed by atoms with Gasteiger partial charge in [-0.3, -0.25) is 14.4 Å². The Morgan fingerprint density at radius 3 is 2.13 bits per heavy atom. The molecule has 2 unspecified atom stereocenters. The van der Waals surface area contributed by atoms with Crippen molar-refractivity contribution in [2.24, 2.45) is 5.92 Å². The van der Waals surface area contributed by atoms with Crippen LogP contribution >= 0.6 is 0 Å². The third kappa shape index (κ3) is 2.76. The molecule has 0 aromatic rings. The van der Waals surface area contributed by atoms with Gasteiger partial charge >= 0.3 is 0 Å². The number of carbonyl (C=O) groups excluding carboxylic acids is 4. The molecule has 1 heterocycles. The van der Waals surface area contributed by atoms with Gasteiger partial charge in [0.1, 0.15) is 0 Å². The number of nitrogens with one attached hydrogen (secondary N) is 2. The van der Waals surface area contributed by atoms with Crippen LogP contribution in [0.1, 0.15) is 26.7 Å². The third-order valence-corrected chi connectivity index (χ3v) is 4.84. The number of aldehydes is 1. The zero-order valence-electron chi connectivity index (χ0n) is 13.1. The highest BCUT2D eigenvalue weighted by molar-refractivity contribution is 7.88. The van der Waals surface area contributed by atoms with Crippen molar-refractivity contribution in [1.82, 2.24) is 14.9 Å². The largest absolute Gasteiger partial charge is 0.333 e. The third-order valence-electron chi connectivity index (χ3n) is 4.12. The molecule has 2 aliphatic rings. The number of ketones is 1. The van der Waals surface area contributed by atoms with E-state index in [1.165, 1.54) is 0 Å². The second-order valence-electron chi connectivity index (χ2n) is 6.10. The van der Waals surface area contributed by atoms with Crippen LogP contribution in [0.3, 0.4) is 0 Å². The van der Waals surface area contributed by atoms with Crippen LogP contribution in [0.2, 0.25) is 0 Å². The van der Waals surface area contributed by atoms with Crippen LogP contribution in [-0.4, -0.2) is 61.2 Å². The molecule has 1 saturated carbocycles. The molecule has 2 atom stereocenters. The van der Waals surface area contributed by atoms with Crippen LogP contribution in [0.4, 0.5) is 0 Å². The average Bonchev–Trinajstić information content (AvgIpc) is 3.17. The fraction of sp³-hybridized carbons (Fsp3) is 0.692. The second kappa shape index (κ2) is 5.38. The van der Waals surface area contributed by atoms with Crippen LogP contribution in [0.5, 0.6) is 0 Å². The first-order valence-electron chi connectivity index (χ1n) is 7.05. The van der Waals surface area contributed by atoms with Gasteiger partial charge in [-0.2, -0.15) is 4.72 Å². The molecule has 9 nitrogen and oxygen atoms in total. The zero-order valence-corrected chi connectivity index (χ0v) is 13.9. The van der Waals surface area contributed by atoms with Crippen LogP contribution in [0.25, 0.3) is 0 Å². The molecule has 1 aliphatic heterocycles. The summed E-state index contributed by atoms with van der Waals surface area (Å²) in [4.78, 5) is 48.9. The highest BCUT2D eigenvalue weighted by atomic mass is 32.2. The van der Waals surface area contributed by atoms with Gasteiger partial charge in [-0.15, -0.1) is 0 Å². The Bertz CT molecular complexity index is 686. The maximum atomic E-state index is 12.3. The Morgan fingerprint density at radius 2 is 1.78 bits per heavy atom. The van der Waals surface area contributed by atoms with Crippen molar-refractivity contribution in [2.75, 3.05) is 12.8 Å². The Morgan fingerprint density at radius 1 is 1.22 bits per heavy atom. The van der Waals surface area contributed by atoms with E-state index in [1.54, 1.807) is 0 Å². The van der Waals surface area contributed by atoms with E-state index in [9.17, 15) is 27.6 Å². The minimum atomic E-state index is -3.87. The van der Waals surface area contributed by atoms with Gasteiger partial charge < -0.3 is 15.0 Å². The summed E-state index contributed by atoms with van der Waals surface area (Å²) in [5.41, 5.74) is -3.95. The number of hydrogen-bond donors (Lipinski definition) is 2. The summed E-state index contributed by atoms with van der Waals surface area (Å²) < 4.78 is 25.5. The molecule has 1 aliphatic carbocycles. The number of hydrogen-bond acceptors (Lipinski definition) is 6. The van der Waals surface area contributed by atoms with E-state index in [0.717, 1.165) is 25.0 Å². The van der Waals surface area contributed by atoms with Crippen LogP contribution in [0, 0.1) is 5.92 Å². The van der Waals surface area contributed by atoms with Gasteiger partial charge in [-0.1, -0.05) is 0 Å². The summed E-state index contributed by atoms with van der Waals surface area (Å²) in [5.74, 6) is -2.00. The molecular weight excluding hydrogens is 326 g/mol. The lowest BCUT2D eigenvalue weighted by molar-refractivity contribution is -0.179. The average molecular weight is 345 g/mol. The molecular formula is C13H19N3O6S. The number of amides is 2. The van der Waals surface area contributed by atoms with E-state index in [0.29, 0.717) is 12.8 Å². The van der Waals surface area contributed by atoms with Crippen molar-refractivity contribution >= 4 is 33.9 Å². The summed E-state index contributed by atoms with van der Waals surface area (Å²) in [7, 11) is -3.87. The summed E-state index contributed by atoms with van der Waals surface area (Å²) in [6.45, 7) is 1.93. The van der Waals surface area contributed by atoms with Crippen LogP contribution in [-0.2, 0) is 29.2 Å². The molecule has 0 aromatic heterocycles. The van der Waals surface area contributed by atoms with Crippen LogP contribution < -0.4 is 10.0 Å². The van der Waals surface area contributed by atoms with E-state index in [2.05, 4.69) is 10.0 Å². The summed E-state index contributed by atoms with van der Waals surface area (Å²) in [5, 5.41) is 2.34. The highest BCUT2D eigenvalue weighted by Gasteiger charge is 2.72. The number of nitrogens with zero attached hydrogens (tertiary/aromatic N) is 1. The van der Waals surface area contributed by atoms with Crippen molar-refractivity contribution in [2.45, 2.75) is 37.9 Å². The smallest absolute Gasteiger partial charge is 0.227 e. The first kappa shape index (κ1) is 17.5. The van der Waals surface area contributed by atoms with E-state index in [-0.39, 0.29) is 24.7 Å². The minimum absolute atomic E-state index is 0.229. The zero-order chi connectivity index (χ0) is 17.6. The van der Waals surface area contributed by atoms with Crippen molar-refractivity contribution in [3.05, 3.63) is 0 Å². The molecule has 1 saturated heterocycles.